The Morgan fingerprint density at radius 2 is 1.97 bits per heavy atom. The van der Waals surface area contributed by atoms with Gasteiger partial charge < -0.3 is 14.6 Å². The molecule has 2 atom stereocenters. The van der Waals surface area contributed by atoms with Crippen molar-refractivity contribution >= 4 is 38.5 Å². The lowest BCUT2D eigenvalue weighted by Crippen LogP contribution is -2.56. The number of fused-ring (bicyclic) bond motifs is 1. The molecule has 36 heavy (non-hydrogen) atoms. The highest BCUT2D eigenvalue weighted by Gasteiger charge is 2.45. The first-order valence-corrected chi connectivity index (χ1v) is 12.7. The van der Waals surface area contributed by atoms with Crippen molar-refractivity contribution in [2.45, 2.75) is 49.9 Å². The number of carbonyl (C=O) groups excluding carboxylic acids is 1. The maximum atomic E-state index is 15.8. The Labute approximate surface area is 207 Å². The summed E-state index contributed by atoms with van der Waals surface area (Å²) in [5.41, 5.74) is -1.44. The van der Waals surface area contributed by atoms with Gasteiger partial charge in [-0.15, -0.1) is 0 Å². The van der Waals surface area contributed by atoms with E-state index in [1.54, 1.807) is 26.8 Å². The highest BCUT2D eigenvalue weighted by Crippen LogP contribution is 2.41. The van der Waals surface area contributed by atoms with Crippen LogP contribution in [0.15, 0.2) is 53.7 Å². The van der Waals surface area contributed by atoms with Crippen LogP contribution in [0.2, 0.25) is 0 Å². The first kappa shape index (κ1) is 25.4. The topological polar surface area (TPSA) is 139 Å². The number of anilines is 1. The molecule has 1 amide bonds. The lowest BCUT2D eigenvalue weighted by atomic mass is 10.0. The number of nitro groups is 1. The van der Waals surface area contributed by atoms with Gasteiger partial charge >= 0.3 is 11.8 Å². The molecule has 1 aromatic carbocycles. The summed E-state index contributed by atoms with van der Waals surface area (Å²) in [4.78, 5) is 31.6. The third kappa shape index (κ3) is 4.83. The number of aromatic nitrogens is 2. The van der Waals surface area contributed by atoms with Crippen molar-refractivity contribution in [1.29, 1.82) is 0 Å². The van der Waals surface area contributed by atoms with Crippen LogP contribution in [0.25, 0.3) is 11.0 Å². The Balaban J connectivity index is 1.83. The van der Waals surface area contributed by atoms with Crippen molar-refractivity contribution in [2.24, 2.45) is 0 Å². The maximum Gasteiger partial charge on any atom is 0.410 e. The Morgan fingerprint density at radius 1 is 1.28 bits per heavy atom. The number of hydrogen-bond donors (Lipinski definition) is 1. The van der Waals surface area contributed by atoms with Gasteiger partial charge in [-0.1, -0.05) is 18.2 Å². The van der Waals surface area contributed by atoms with E-state index in [9.17, 15) is 23.3 Å². The number of benzene rings is 1. The average Bonchev–Trinajstić information content (AvgIpc) is 3.28. The zero-order chi connectivity index (χ0) is 26.3. The van der Waals surface area contributed by atoms with Gasteiger partial charge in [-0.05, 0) is 45.4 Å². The van der Waals surface area contributed by atoms with E-state index in [1.165, 1.54) is 41.4 Å². The number of piperidine rings is 1. The smallest absolute Gasteiger partial charge is 0.410 e. The van der Waals surface area contributed by atoms with Crippen LogP contribution < -0.4 is 4.31 Å². The summed E-state index contributed by atoms with van der Waals surface area (Å²) in [5, 5.41) is 12.1. The number of alkyl halides is 1. The fourth-order valence-corrected chi connectivity index (χ4v) is 5.92. The van der Waals surface area contributed by atoms with Crippen LogP contribution in [0, 0.1) is 10.1 Å². The fraction of sp³-hybridized carbons (Fsp3) is 0.391. The van der Waals surface area contributed by atoms with Gasteiger partial charge in [-0.3, -0.25) is 14.4 Å². The zero-order valence-electron chi connectivity index (χ0n) is 19.9. The number of amides is 1. The zero-order valence-corrected chi connectivity index (χ0v) is 20.7. The number of carbonyl (C=O) groups is 1. The minimum atomic E-state index is -4.47. The van der Waals surface area contributed by atoms with Crippen LogP contribution in [0.3, 0.4) is 0 Å². The van der Waals surface area contributed by atoms with E-state index in [1.807, 2.05) is 0 Å². The molecule has 1 aliphatic rings. The van der Waals surface area contributed by atoms with Gasteiger partial charge in [-0.2, -0.15) is 0 Å². The van der Waals surface area contributed by atoms with E-state index < -0.39 is 51.1 Å². The molecule has 1 fully saturated rings. The first-order valence-electron chi connectivity index (χ1n) is 11.2. The second-order valence-electron chi connectivity index (χ2n) is 9.40. The second kappa shape index (κ2) is 9.37. The fourth-order valence-electron chi connectivity index (χ4n) is 4.17. The Morgan fingerprint density at radius 3 is 2.58 bits per heavy atom. The number of aromatic amines is 1. The summed E-state index contributed by atoms with van der Waals surface area (Å²) >= 11 is 0. The lowest BCUT2D eigenvalue weighted by Gasteiger charge is -2.40. The number of H-pyrrole nitrogens is 1. The van der Waals surface area contributed by atoms with E-state index in [2.05, 4.69) is 9.97 Å². The second-order valence-corrected chi connectivity index (χ2v) is 11.2. The largest absolute Gasteiger partial charge is 0.444 e. The molecule has 0 saturated carbocycles. The summed E-state index contributed by atoms with van der Waals surface area (Å²) < 4.78 is 49.7. The van der Waals surface area contributed by atoms with Gasteiger partial charge in [0.1, 0.15) is 29.3 Å². The van der Waals surface area contributed by atoms with Crippen molar-refractivity contribution in [3.8, 4) is 0 Å². The van der Waals surface area contributed by atoms with Gasteiger partial charge in [0, 0.05) is 12.7 Å². The molecular formula is C23H26FN5O6S. The molecule has 3 heterocycles. The molecule has 1 saturated heterocycles. The molecule has 192 valence electrons. The molecular weight excluding hydrogens is 493 g/mol. The van der Waals surface area contributed by atoms with Crippen molar-refractivity contribution in [3.63, 3.8) is 0 Å². The van der Waals surface area contributed by atoms with Crippen LogP contribution in [-0.4, -0.2) is 65.2 Å². The number of rotatable bonds is 5. The predicted molar refractivity (Wildman–Crippen MR) is 130 cm³/mol. The first-order chi connectivity index (χ1) is 16.9. The SMILES string of the molecule is CC(C)(C)OC(=O)N1CCC(N(c2c([N+](=O)[O-])cnc3[nH]ccc23)S(=O)(=O)c2ccccc2)C(F)C1. The van der Waals surface area contributed by atoms with Crippen molar-refractivity contribution < 1.29 is 27.3 Å². The van der Waals surface area contributed by atoms with Gasteiger partial charge in [0.25, 0.3) is 10.0 Å². The van der Waals surface area contributed by atoms with Gasteiger partial charge in [0.15, 0.2) is 0 Å². The van der Waals surface area contributed by atoms with Crippen molar-refractivity contribution in [3.05, 3.63) is 58.9 Å². The molecule has 4 rings (SSSR count). The van der Waals surface area contributed by atoms with Crippen molar-refractivity contribution in [1.82, 2.24) is 14.9 Å². The van der Waals surface area contributed by atoms with Crippen LogP contribution in [0.4, 0.5) is 20.6 Å². The molecule has 2 unspecified atom stereocenters. The van der Waals surface area contributed by atoms with Crippen LogP contribution >= 0.6 is 0 Å². The molecule has 3 aromatic rings. The van der Waals surface area contributed by atoms with Crippen LogP contribution in [0.5, 0.6) is 0 Å². The third-order valence-corrected chi connectivity index (χ3v) is 7.56. The third-order valence-electron chi connectivity index (χ3n) is 5.72. The summed E-state index contributed by atoms with van der Waals surface area (Å²) in [7, 11) is -4.47. The molecule has 2 aromatic heterocycles. The minimum Gasteiger partial charge on any atom is -0.444 e. The number of ether oxygens (including phenoxy) is 1. The summed E-state index contributed by atoms with van der Waals surface area (Å²) in [6, 6.07) is 7.46. The summed E-state index contributed by atoms with van der Waals surface area (Å²) in [6.45, 7) is 4.61. The molecule has 0 radical (unpaired) electrons. The number of nitrogens with zero attached hydrogens (tertiary/aromatic N) is 4. The molecule has 0 bridgehead atoms. The van der Waals surface area contributed by atoms with E-state index in [0.29, 0.717) is 0 Å². The number of nitrogens with one attached hydrogen (secondary N) is 1. The maximum absolute atomic E-state index is 15.8. The highest BCUT2D eigenvalue weighted by atomic mass is 32.2. The van der Waals surface area contributed by atoms with Gasteiger partial charge in [0.2, 0.25) is 0 Å². The van der Waals surface area contributed by atoms with Crippen molar-refractivity contribution in [2.75, 3.05) is 17.4 Å². The monoisotopic (exact) mass is 519 g/mol. The minimum absolute atomic E-state index is 0.00400. The van der Waals surface area contributed by atoms with E-state index in [4.69, 9.17) is 4.74 Å². The normalized spacial score (nSPS) is 18.7. The molecule has 1 aliphatic heterocycles. The number of likely N-dealkylation sites (tertiary alicyclic amines) is 1. The molecule has 1 N–H and O–H groups in total. The van der Waals surface area contributed by atoms with Crippen LogP contribution in [-0.2, 0) is 14.8 Å². The molecule has 11 nitrogen and oxygen atoms in total. The van der Waals surface area contributed by atoms with E-state index in [-0.39, 0.29) is 34.6 Å². The van der Waals surface area contributed by atoms with E-state index in [0.717, 1.165) is 10.5 Å². The number of pyridine rings is 1. The number of hydrogen-bond acceptors (Lipinski definition) is 7. The Hall–Kier alpha value is -3.74. The summed E-state index contributed by atoms with van der Waals surface area (Å²) in [6.07, 6.45) is -0.269. The number of sulfonamides is 1. The summed E-state index contributed by atoms with van der Waals surface area (Å²) in [5.74, 6) is 0. The average molecular weight is 520 g/mol. The van der Waals surface area contributed by atoms with Crippen LogP contribution in [0.1, 0.15) is 27.2 Å². The lowest BCUT2D eigenvalue weighted by molar-refractivity contribution is -0.384. The molecule has 13 heteroatoms. The van der Waals surface area contributed by atoms with Gasteiger partial charge in [-0.25, -0.2) is 22.6 Å². The van der Waals surface area contributed by atoms with E-state index >= 15 is 4.39 Å². The number of halogens is 1. The molecule has 0 spiro atoms. The quantitative estimate of drug-likeness (QED) is 0.397. The predicted octanol–water partition coefficient (Wildman–Crippen LogP) is 4.01. The Kier molecular flexibility index (Phi) is 6.60. The van der Waals surface area contributed by atoms with Gasteiger partial charge in [0.05, 0.1) is 27.8 Å². The highest BCUT2D eigenvalue weighted by molar-refractivity contribution is 7.93. The standard InChI is InChI=1S/C23H26FN5O6S/c1-23(2,3)35-22(30)27-12-10-18(17(24)14-27)28(36(33,34)15-7-5-4-6-8-15)20-16-9-11-25-21(16)26-13-19(20)29(31)32/h4-9,11,13,17-18H,10,12,14H2,1-3H3,(H,25,26). The Bertz CT molecular complexity index is 1390. The molecule has 0 aliphatic carbocycles.